The van der Waals surface area contributed by atoms with E-state index in [2.05, 4.69) is 17.0 Å². The molecule has 0 saturated carbocycles. The van der Waals surface area contributed by atoms with Crippen molar-refractivity contribution >= 4 is 0 Å². The van der Waals surface area contributed by atoms with E-state index in [-0.39, 0.29) is 5.54 Å². The molecule has 1 aromatic carbocycles. The highest BCUT2D eigenvalue weighted by Crippen LogP contribution is 2.36. The number of rotatable bonds is 4. The smallest absolute Gasteiger partial charge is 0.161 e. The monoisotopic (exact) mass is 292 g/mol. The Morgan fingerprint density at radius 3 is 2.52 bits per heavy atom. The Morgan fingerprint density at radius 2 is 1.95 bits per heavy atom. The molecule has 2 heterocycles. The maximum absolute atomic E-state index is 6.05. The van der Waals surface area contributed by atoms with E-state index in [4.69, 9.17) is 19.9 Å². The highest BCUT2D eigenvalue weighted by Gasteiger charge is 2.40. The maximum Gasteiger partial charge on any atom is 0.161 e. The molecule has 0 bridgehead atoms. The van der Waals surface area contributed by atoms with Gasteiger partial charge in [0.2, 0.25) is 0 Å². The van der Waals surface area contributed by atoms with Crippen molar-refractivity contribution in [2.75, 3.05) is 40.5 Å². The van der Waals surface area contributed by atoms with Gasteiger partial charge in [-0.25, -0.2) is 0 Å². The molecule has 0 aromatic heterocycles. The Morgan fingerprint density at radius 1 is 1.24 bits per heavy atom. The van der Waals surface area contributed by atoms with Crippen LogP contribution in [0.2, 0.25) is 0 Å². The van der Waals surface area contributed by atoms with E-state index in [0.29, 0.717) is 6.54 Å². The third-order valence-corrected chi connectivity index (χ3v) is 4.85. The van der Waals surface area contributed by atoms with Crippen molar-refractivity contribution in [3.8, 4) is 11.5 Å². The van der Waals surface area contributed by atoms with Gasteiger partial charge in [0.15, 0.2) is 11.5 Å². The Hall–Kier alpha value is -1.30. The van der Waals surface area contributed by atoms with Crippen LogP contribution in [0, 0.1) is 0 Å². The van der Waals surface area contributed by atoms with Gasteiger partial charge < -0.3 is 19.9 Å². The van der Waals surface area contributed by atoms with Crippen molar-refractivity contribution in [1.29, 1.82) is 0 Å². The average molecular weight is 292 g/mol. The van der Waals surface area contributed by atoms with Crippen LogP contribution in [-0.4, -0.2) is 51.0 Å². The number of hydrogen-bond acceptors (Lipinski definition) is 5. The SMILES string of the molecule is COc1cc2c(cc1OC)CN(C1(CN)CCOC1)CC2. The van der Waals surface area contributed by atoms with Crippen LogP contribution in [0.4, 0.5) is 0 Å². The van der Waals surface area contributed by atoms with Crippen molar-refractivity contribution in [2.45, 2.75) is 24.9 Å². The van der Waals surface area contributed by atoms with Crippen molar-refractivity contribution in [2.24, 2.45) is 5.73 Å². The van der Waals surface area contributed by atoms with Gasteiger partial charge in [-0.2, -0.15) is 0 Å². The predicted octanol–water partition coefficient (Wildman–Crippen LogP) is 1.18. The van der Waals surface area contributed by atoms with E-state index < -0.39 is 0 Å². The first-order chi connectivity index (χ1) is 10.2. The van der Waals surface area contributed by atoms with Crippen molar-refractivity contribution < 1.29 is 14.2 Å². The number of benzene rings is 1. The largest absolute Gasteiger partial charge is 0.493 e. The third-order valence-electron chi connectivity index (χ3n) is 4.85. The molecule has 3 rings (SSSR count). The van der Waals surface area contributed by atoms with E-state index in [0.717, 1.165) is 50.6 Å². The van der Waals surface area contributed by atoms with Crippen LogP contribution in [-0.2, 0) is 17.7 Å². The molecule has 2 aliphatic heterocycles. The molecule has 1 fully saturated rings. The minimum absolute atomic E-state index is 0.00481. The molecule has 1 aromatic rings. The van der Waals surface area contributed by atoms with Crippen LogP contribution in [0.1, 0.15) is 17.5 Å². The average Bonchev–Trinajstić information content (AvgIpc) is 3.03. The van der Waals surface area contributed by atoms with Crippen molar-refractivity contribution in [3.05, 3.63) is 23.3 Å². The van der Waals surface area contributed by atoms with Gasteiger partial charge in [0.1, 0.15) is 0 Å². The Kier molecular flexibility index (Phi) is 4.06. The first kappa shape index (κ1) is 14.6. The van der Waals surface area contributed by atoms with Gasteiger partial charge in [-0.15, -0.1) is 0 Å². The fraction of sp³-hybridized carbons (Fsp3) is 0.625. The minimum atomic E-state index is 0.00481. The molecule has 0 aliphatic carbocycles. The van der Waals surface area contributed by atoms with Gasteiger partial charge in [0, 0.05) is 26.2 Å². The molecule has 0 spiro atoms. The zero-order valence-corrected chi connectivity index (χ0v) is 12.9. The third kappa shape index (κ3) is 2.50. The first-order valence-corrected chi connectivity index (χ1v) is 7.49. The summed E-state index contributed by atoms with van der Waals surface area (Å²) < 4.78 is 16.4. The molecule has 5 nitrogen and oxygen atoms in total. The van der Waals surface area contributed by atoms with Gasteiger partial charge in [-0.05, 0) is 36.1 Å². The summed E-state index contributed by atoms with van der Waals surface area (Å²) in [5.74, 6) is 1.60. The molecule has 116 valence electrons. The van der Waals surface area contributed by atoms with Crippen LogP contribution < -0.4 is 15.2 Å². The molecule has 2 aliphatic rings. The fourth-order valence-corrected chi connectivity index (χ4v) is 3.42. The van der Waals surface area contributed by atoms with Crippen LogP contribution in [0.25, 0.3) is 0 Å². The van der Waals surface area contributed by atoms with Gasteiger partial charge >= 0.3 is 0 Å². The quantitative estimate of drug-likeness (QED) is 0.903. The summed E-state index contributed by atoms with van der Waals surface area (Å²) in [6.45, 7) is 4.12. The highest BCUT2D eigenvalue weighted by molar-refractivity contribution is 5.48. The molecule has 0 radical (unpaired) electrons. The van der Waals surface area contributed by atoms with Gasteiger partial charge in [-0.1, -0.05) is 0 Å². The molecular formula is C16H24N2O3. The number of methoxy groups -OCH3 is 2. The zero-order chi connectivity index (χ0) is 14.9. The standard InChI is InChI=1S/C16H24N2O3/c1-19-14-7-12-3-5-18(9-13(12)8-15(14)20-2)16(10-17)4-6-21-11-16/h7-8H,3-6,9-11,17H2,1-2H3. The number of fused-ring (bicyclic) bond motifs is 1. The number of nitrogens with two attached hydrogens (primary N) is 1. The topological polar surface area (TPSA) is 57.0 Å². The summed E-state index contributed by atoms with van der Waals surface area (Å²) >= 11 is 0. The van der Waals surface area contributed by atoms with Gasteiger partial charge in [0.25, 0.3) is 0 Å². The van der Waals surface area contributed by atoms with Crippen molar-refractivity contribution in [1.82, 2.24) is 4.90 Å². The Bertz CT molecular complexity index is 512. The normalized spacial score (nSPS) is 25.7. The molecule has 21 heavy (non-hydrogen) atoms. The Balaban J connectivity index is 1.88. The Labute approximate surface area is 126 Å². The molecule has 2 N–H and O–H groups in total. The second kappa shape index (κ2) is 5.83. The van der Waals surface area contributed by atoms with Crippen LogP contribution >= 0.6 is 0 Å². The van der Waals surface area contributed by atoms with Gasteiger partial charge in [-0.3, -0.25) is 4.90 Å². The molecule has 1 atom stereocenters. The van der Waals surface area contributed by atoms with E-state index in [1.165, 1.54) is 11.1 Å². The summed E-state index contributed by atoms with van der Waals surface area (Å²) in [7, 11) is 3.36. The lowest BCUT2D eigenvalue weighted by atomic mass is 9.90. The number of hydrogen-bond donors (Lipinski definition) is 1. The maximum atomic E-state index is 6.05. The molecule has 1 unspecified atom stereocenters. The minimum Gasteiger partial charge on any atom is -0.493 e. The van der Waals surface area contributed by atoms with E-state index in [1.54, 1.807) is 14.2 Å². The zero-order valence-electron chi connectivity index (χ0n) is 12.9. The first-order valence-electron chi connectivity index (χ1n) is 7.49. The van der Waals surface area contributed by atoms with E-state index >= 15 is 0 Å². The van der Waals surface area contributed by atoms with Gasteiger partial charge in [0.05, 0.1) is 26.4 Å². The predicted molar refractivity (Wildman–Crippen MR) is 80.9 cm³/mol. The summed E-state index contributed by atoms with van der Waals surface area (Å²) in [5.41, 5.74) is 8.71. The summed E-state index contributed by atoms with van der Waals surface area (Å²) in [6.07, 6.45) is 2.03. The number of nitrogens with zero attached hydrogens (tertiary/aromatic N) is 1. The lowest BCUT2D eigenvalue weighted by Crippen LogP contribution is -2.55. The van der Waals surface area contributed by atoms with E-state index in [9.17, 15) is 0 Å². The summed E-state index contributed by atoms with van der Waals surface area (Å²) in [5, 5.41) is 0. The second-order valence-corrected chi connectivity index (χ2v) is 5.88. The summed E-state index contributed by atoms with van der Waals surface area (Å²) in [6, 6.07) is 4.20. The lowest BCUT2D eigenvalue weighted by molar-refractivity contribution is 0.0606. The summed E-state index contributed by atoms with van der Waals surface area (Å²) in [4.78, 5) is 2.48. The lowest BCUT2D eigenvalue weighted by Gasteiger charge is -2.42. The van der Waals surface area contributed by atoms with Crippen LogP contribution in [0.3, 0.4) is 0 Å². The van der Waals surface area contributed by atoms with E-state index in [1.807, 2.05) is 0 Å². The second-order valence-electron chi connectivity index (χ2n) is 5.88. The molecule has 0 amide bonds. The highest BCUT2D eigenvalue weighted by atomic mass is 16.5. The van der Waals surface area contributed by atoms with Crippen molar-refractivity contribution in [3.63, 3.8) is 0 Å². The number of ether oxygens (including phenoxy) is 3. The molecule has 5 heteroatoms. The van der Waals surface area contributed by atoms with Crippen LogP contribution in [0.15, 0.2) is 12.1 Å². The molecular weight excluding hydrogens is 268 g/mol. The van der Waals surface area contributed by atoms with Crippen LogP contribution in [0.5, 0.6) is 11.5 Å². The molecule has 1 saturated heterocycles. The fourth-order valence-electron chi connectivity index (χ4n) is 3.42.